The maximum Gasteiger partial charge on any atom is 0.321 e. The van der Waals surface area contributed by atoms with Gasteiger partial charge in [-0.2, -0.15) is 0 Å². The number of imide groups is 1. The van der Waals surface area contributed by atoms with Crippen molar-refractivity contribution in [1.29, 1.82) is 0 Å². The van der Waals surface area contributed by atoms with Gasteiger partial charge in [0.2, 0.25) is 0 Å². The molecule has 6 nitrogen and oxygen atoms in total. The second-order valence-corrected chi connectivity index (χ2v) is 5.77. The quantitative estimate of drug-likeness (QED) is 0.822. The molecule has 0 spiro atoms. The van der Waals surface area contributed by atoms with Crippen molar-refractivity contribution >= 4 is 28.7 Å². The second kappa shape index (κ2) is 7.12. The Morgan fingerprint density at radius 2 is 1.79 bits per heavy atom. The molecule has 0 radical (unpaired) electrons. The molecule has 6 heteroatoms. The smallest absolute Gasteiger partial charge is 0.321 e. The third-order valence-corrected chi connectivity index (χ3v) is 3.74. The molecule has 0 aliphatic heterocycles. The minimum atomic E-state index is -0.639. The zero-order valence-electron chi connectivity index (χ0n) is 13.1. The van der Waals surface area contributed by atoms with Crippen LogP contribution in [-0.2, 0) is 20.7 Å². The lowest BCUT2D eigenvalue weighted by Gasteiger charge is -2.08. The van der Waals surface area contributed by atoms with Crippen LogP contribution < -0.4 is 10.6 Å². The third kappa shape index (κ3) is 4.32. The normalized spacial score (nSPS) is 13.3. The minimum Gasteiger partial charge on any atom is -0.455 e. The summed E-state index contributed by atoms with van der Waals surface area (Å²) in [6.45, 7) is -0.471. The van der Waals surface area contributed by atoms with Crippen molar-refractivity contribution in [2.24, 2.45) is 0 Å². The SMILES string of the molecule is O=C(COC(=O)Cc1cccc2ccccc12)NC(=O)NC1CC1. The first-order valence-corrected chi connectivity index (χ1v) is 7.84. The fourth-order valence-corrected chi connectivity index (χ4v) is 2.41. The van der Waals surface area contributed by atoms with E-state index in [1.165, 1.54) is 0 Å². The number of carbonyl (C=O) groups excluding carboxylic acids is 3. The van der Waals surface area contributed by atoms with E-state index in [4.69, 9.17) is 4.74 Å². The van der Waals surface area contributed by atoms with E-state index >= 15 is 0 Å². The number of esters is 1. The van der Waals surface area contributed by atoms with Crippen molar-refractivity contribution < 1.29 is 19.1 Å². The molecule has 0 atom stereocenters. The van der Waals surface area contributed by atoms with Crippen molar-refractivity contribution in [2.75, 3.05) is 6.61 Å². The summed E-state index contributed by atoms with van der Waals surface area (Å²) in [4.78, 5) is 34.9. The topological polar surface area (TPSA) is 84.5 Å². The van der Waals surface area contributed by atoms with Crippen molar-refractivity contribution in [2.45, 2.75) is 25.3 Å². The van der Waals surface area contributed by atoms with Crippen LogP contribution in [0.3, 0.4) is 0 Å². The zero-order chi connectivity index (χ0) is 16.9. The van der Waals surface area contributed by atoms with Crippen LogP contribution in [0.5, 0.6) is 0 Å². The molecule has 0 bridgehead atoms. The monoisotopic (exact) mass is 326 g/mol. The van der Waals surface area contributed by atoms with Gasteiger partial charge in [-0.1, -0.05) is 42.5 Å². The third-order valence-electron chi connectivity index (χ3n) is 3.74. The Bertz CT molecular complexity index is 778. The van der Waals surface area contributed by atoms with Crippen LogP contribution in [0.25, 0.3) is 10.8 Å². The van der Waals surface area contributed by atoms with Crippen LogP contribution >= 0.6 is 0 Å². The number of nitrogens with one attached hydrogen (secondary N) is 2. The highest BCUT2D eigenvalue weighted by Gasteiger charge is 2.24. The largest absolute Gasteiger partial charge is 0.455 e. The lowest BCUT2D eigenvalue weighted by Crippen LogP contribution is -2.42. The second-order valence-electron chi connectivity index (χ2n) is 5.77. The fourth-order valence-electron chi connectivity index (χ4n) is 2.41. The standard InChI is InChI=1S/C18H18N2O4/c21-16(20-18(23)19-14-8-9-14)11-24-17(22)10-13-6-3-5-12-4-1-2-7-15(12)13/h1-7,14H,8-11H2,(H2,19,20,21,23). The Hall–Kier alpha value is -2.89. The maximum atomic E-state index is 11.9. The molecule has 3 rings (SSSR count). The number of ether oxygens (including phenoxy) is 1. The number of carbonyl (C=O) groups is 3. The van der Waals surface area contributed by atoms with Gasteiger partial charge in [0, 0.05) is 6.04 Å². The molecule has 1 saturated carbocycles. The lowest BCUT2D eigenvalue weighted by atomic mass is 10.0. The van der Waals surface area contributed by atoms with Gasteiger partial charge in [-0.15, -0.1) is 0 Å². The minimum absolute atomic E-state index is 0.0723. The lowest BCUT2D eigenvalue weighted by molar-refractivity contribution is -0.147. The predicted molar refractivity (Wildman–Crippen MR) is 88.3 cm³/mol. The van der Waals surface area contributed by atoms with E-state index in [0.717, 1.165) is 29.2 Å². The summed E-state index contributed by atoms with van der Waals surface area (Å²) in [5.41, 5.74) is 0.838. The number of fused-ring (bicyclic) bond motifs is 1. The molecule has 0 heterocycles. The highest BCUT2D eigenvalue weighted by molar-refractivity contribution is 5.96. The van der Waals surface area contributed by atoms with E-state index in [9.17, 15) is 14.4 Å². The van der Waals surface area contributed by atoms with Gasteiger partial charge in [-0.05, 0) is 29.2 Å². The number of amides is 3. The van der Waals surface area contributed by atoms with Crippen molar-refractivity contribution in [3.8, 4) is 0 Å². The highest BCUT2D eigenvalue weighted by Crippen LogP contribution is 2.19. The summed E-state index contributed by atoms with van der Waals surface area (Å²) in [6, 6.07) is 13.1. The van der Waals surface area contributed by atoms with Gasteiger partial charge < -0.3 is 10.1 Å². The highest BCUT2D eigenvalue weighted by atomic mass is 16.5. The molecule has 24 heavy (non-hydrogen) atoms. The van der Waals surface area contributed by atoms with E-state index < -0.39 is 24.5 Å². The number of benzene rings is 2. The van der Waals surface area contributed by atoms with Crippen molar-refractivity contribution in [3.63, 3.8) is 0 Å². The van der Waals surface area contributed by atoms with Gasteiger partial charge in [0.1, 0.15) is 0 Å². The average Bonchev–Trinajstić information content (AvgIpc) is 3.37. The Kier molecular flexibility index (Phi) is 4.74. The summed E-state index contributed by atoms with van der Waals surface area (Å²) in [5, 5.41) is 6.77. The average molecular weight is 326 g/mol. The van der Waals surface area contributed by atoms with Crippen LogP contribution in [0.1, 0.15) is 18.4 Å². The summed E-state index contributed by atoms with van der Waals surface area (Å²) in [7, 11) is 0. The number of rotatable bonds is 5. The summed E-state index contributed by atoms with van der Waals surface area (Å²) in [6.07, 6.45) is 1.94. The zero-order valence-corrected chi connectivity index (χ0v) is 13.1. The molecular weight excluding hydrogens is 308 g/mol. The molecular formula is C18H18N2O4. The van der Waals surface area contributed by atoms with Crippen LogP contribution in [0.4, 0.5) is 4.79 Å². The summed E-state index contributed by atoms with van der Waals surface area (Å²) < 4.78 is 4.95. The number of urea groups is 1. The van der Waals surface area contributed by atoms with Gasteiger partial charge in [0.25, 0.3) is 5.91 Å². The molecule has 1 fully saturated rings. The van der Waals surface area contributed by atoms with E-state index in [2.05, 4.69) is 10.6 Å². The van der Waals surface area contributed by atoms with Gasteiger partial charge in [-0.25, -0.2) is 4.79 Å². The van der Waals surface area contributed by atoms with E-state index in [-0.39, 0.29) is 12.5 Å². The molecule has 2 N–H and O–H groups in total. The van der Waals surface area contributed by atoms with Crippen LogP contribution in [0, 0.1) is 0 Å². The van der Waals surface area contributed by atoms with Crippen LogP contribution in [0.15, 0.2) is 42.5 Å². The van der Waals surface area contributed by atoms with Gasteiger partial charge in [0.15, 0.2) is 6.61 Å². The van der Waals surface area contributed by atoms with Gasteiger partial charge >= 0.3 is 12.0 Å². The van der Waals surface area contributed by atoms with Crippen molar-refractivity contribution in [1.82, 2.24) is 10.6 Å². The molecule has 0 aromatic heterocycles. The van der Waals surface area contributed by atoms with Crippen molar-refractivity contribution in [3.05, 3.63) is 48.0 Å². The Morgan fingerprint density at radius 1 is 1.04 bits per heavy atom. The van der Waals surface area contributed by atoms with E-state index in [0.29, 0.717) is 0 Å². The molecule has 0 saturated heterocycles. The predicted octanol–water partition coefficient (Wildman–Crippen LogP) is 1.91. The molecule has 0 unspecified atom stereocenters. The number of hydrogen-bond acceptors (Lipinski definition) is 4. The fraction of sp³-hybridized carbons (Fsp3) is 0.278. The maximum absolute atomic E-state index is 11.9. The van der Waals surface area contributed by atoms with Gasteiger partial charge in [0.05, 0.1) is 6.42 Å². The summed E-state index contributed by atoms with van der Waals surface area (Å²) in [5.74, 6) is -1.15. The molecule has 124 valence electrons. The van der Waals surface area contributed by atoms with Gasteiger partial charge in [-0.3, -0.25) is 14.9 Å². The Morgan fingerprint density at radius 3 is 2.58 bits per heavy atom. The first-order chi connectivity index (χ1) is 11.6. The first kappa shape index (κ1) is 16.0. The molecule has 3 amide bonds. The molecule has 2 aromatic rings. The van der Waals surface area contributed by atoms with Crippen LogP contribution in [-0.4, -0.2) is 30.6 Å². The number of hydrogen-bond donors (Lipinski definition) is 2. The molecule has 1 aliphatic rings. The van der Waals surface area contributed by atoms with E-state index in [1.807, 2.05) is 42.5 Å². The summed E-state index contributed by atoms with van der Waals surface area (Å²) >= 11 is 0. The Balaban J connectivity index is 1.49. The Labute approximate surface area is 139 Å². The van der Waals surface area contributed by atoms with E-state index in [1.54, 1.807) is 0 Å². The van der Waals surface area contributed by atoms with Crippen LogP contribution in [0.2, 0.25) is 0 Å². The molecule has 2 aromatic carbocycles. The molecule has 1 aliphatic carbocycles. The first-order valence-electron chi connectivity index (χ1n) is 7.84.